The largest absolute Gasteiger partial charge is 0.388 e. The number of hydrogen-bond donors (Lipinski definition) is 2. The molecule has 1 atom stereocenters. The van der Waals surface area contributed by atoms with Crippen LogP contribution in [-0.2, 0) is 0 Å². The van der Waals surface area contributed by atoms with Crippen molar-refractivity contribution in [2.75, 3.05) is 6.54 Å². The van der Waals surface area contributed by atoms with E-state index in [1.807, 2.05) is 0 Å². The van der Waals surface area contributed by atoms with E-state index in [-0.39, 0.29) is 5.41 Å². The first-order valence-corrected chi connectivity index (χ1v) is 8.18. The van der Waals surface area contributed by atoms with Crippen molar-refractivity contribution >= 4 is 23.2 Å². The van der Waals surface area contributed by atoms with Crippen molar-refractivity contribution in [1.82, 2.24) is 0 Å². The Bertz CT molecular complexity index is 442. The van der Waals surface area contributed by atoms with E-state index in [1.165, 1.54) is 19.3 Å². The van der Waals surface area contributed by atoms with E-state index >= 15 is 0 Å². The summed E-state index contributed by atoms with van der Waals surface area (Å²) in [5.74, 6) is 0. The molecule has 1 aromatic rings. The normalized spacial score (nSPS) is 21.0. The van der Waals surface area contributed by atoms with Gasteiger partial charge in [0.1, 0.15) is 0 Å². The summed E-state index contributed by atoms with van der Waals surface area (Å²) in [5, 5.41) is 12.1. The van der Waals surface area contributed by atoms with Gasteiger partial charge in [-0.25, -0.2) is 0 Å². The molecule has 1 unspecified atom stereocenters. The lowest BCUT2D eigenvalue weighted by Crippen LogP contribution is -2.37. The van der Waals surface area contributed by atoms with Gasteiger partial charge in [0.25, 0.3) is 0 Å². The maximum absolute atomic E-state index is 10.9. The number of rotatable bonds is 3. The number of benzene rings is 1. The van der Waals surface area contributed by atoms with E-state index in [1.54, 1.807) is 18.2 Å². The molecular formula is C16H23Cl2NO. The number of aliphatic hydroxyl groups excluding tert-OH is 1. The lowest BCUT2D eigenvalue weighted by Gasteiger charge is -2.39. The van der Waals surface area contributed by atoms with Gasteiger partial charge in [-0.3, -0.25) is 0 Å². The zero-order valence-electron chi connectivity index (χ0n) is 11.7. The predicted octanol–water partition coefficient (Wildman–Crippen LogP) is 4.72. The average molecular weight is 316 g/mol. The number of aliphatic hydroxyl groups is 1. The van der Waals surface area contributed by atoms with E-state index in [4.69, 9.17) is 28.9 Å². The van der Waals surface area contributed by atoms with Crippen molar-refractivity contribution < 1.29 is 5.11 Å². The molecule has 0 aliphatic heterocycles. The molecule has 0 radical (unpaired) electrons. The standard InChI is InChI=1S/C16H23Cl2NO/c17-12-6-7-14(18)13(10-12)15(20)16(11-19)8-4-2-1-3-5-9-16/h6-7,10,15,20H,1-5,8-9,11,19H2. The van der Waals surface area contributed by atoms with Gasteiger partial charge in [0.2, 0.25) is 0 Å². The highest BCUT2D eigenvalue weighted by Crippen LogP contribution is 2.45. The van der Waals surface area contributed by atoms with Crippen molar-refractivity contribution in [3.63, 3.8) is 0 Å². The molecule has 0 aromatic heterocycles. The molecule has 112 valence electrons. The summed E-state index contributed by atoms with van der Waals surface area (Å²) in [7, 11) is 0. The number of nitrogens with two attached hydrogens (primary N) is 1. The average Bonchev–Trinajstić information content (AvgIpc) is 2.41. The Hall–Kier alpha value is -0.280. The van der Waals surface area contributed by atoms with Crippen LogP contribution in [0.5, 0.6) is 0 Å². The van der Waals surface area contributed by atoms with Crippen LogP contribution in [0, 0.1) is 5.41 Å². The van der Waals surface area contributed by atoms with Crippen LogP contribution in [-0.4, -0.2) is 11.7 Å². The summed E-state index contributed by atoms with van der Waals surface area (Å²) in [6.45, 7) is 0.483. The molecule has 2 rings (SSSR count). The summed E-state index contributed by atoms with van der Waals surface area (Å²) >= 11 is 12.3. The summed E-state index contributed by atoms with van der Waals surface area (Å²) < 4.78 is 0. The Labute approximate surface area is 131 Å². The van der Waals surface area contributed by atoms with Gasteiger partial charge in [-0.1, -0.05) is 55.3 Å². The van der Waals surface area contributed by atoms with E-state index < -0.39 is 6.10 Å². The minimum atomic E-state index is -0.642. The number of hydrogen-bond acceptors (Lipinski definition) is 2. The van der Waals surface area contributed by atoms with Crippen molar-refractivity contribution in [3.05, 3.63) is 33.8 Å². The quantitative estimate of drug-likeness (QED) is 0.848. The molecule has 1 aromatic carbocycles. The highest BCUT2D eigenvalue weighted by atomic mass is 35.5. The minimum absolute atomic E-state index is 0.269. The van der Waals surface area contributed by atoms with Crippen LogP contribution in [0.25, 0.3) is 0 Å². The van der Waals surface area contributed by atoms with Crippen LogP contribution >= 0.6 is 23.2 Å². The first kappa shape index (κ1) is 16.1. The fraction of sp³-hybridized carbons (Fsp3) is 0.625. The fourth-order valence-corrected chi connectivity index (χ4v) is 3.65. The van der Waals surface area contributed by atoms with Crippen LogP contribution < -0.4 is 5.73 Å². The first-order valence-electron chi connectivity index (χ1n) is 7.42. The van der Waals surface area contributed by atoms with Crippen LogP contribution in [0.1, 0.15) is 56.6 Å². The van der Waals surface area contributed by atoms with Gasteiger partial charge in [0.15, 0.2) is 0 Å². The SMILES string of the molecule is NCC1(C(O)c2cc(Cl)ccc2Cl)CCCCCCC1. The second kappa shape index (κ2) is 7.13. The van der Waals surface area contributed by atoms with Gasteiger partial charge >= 0.3 is 0 Å². The van der Waals surface area contributed by atoms with E-state index in [0.29, 0.717) is 22.2 Å². The second-order valence-electron chi connectivity index (χ2n) is 5.90. The molecule has 2 nitrogen and oxygen atoms in total. The summed E-state index contributed by atoms with van der Waals surface area (Å²) in [5.41, 5.74) is 6.49. The molecule has 1 aliphatic rings. The monoisotopic (exact) mass is 315 g/mol. The van der Waals surface area contributed by atoms with Gasteiger partial charge in [0.05, 0.1) is 6.10 Å². The molecule has 0 bridgehead atoms. The Morgan fingerprint density at radius 3 is 2.30 bits per heavy atom. The van der Waals surface area contributed by atoms with E-state index in [9.17, 15) is 5.11 Å². The lowest BCUT2D eigenvalue weighted by molar-refractivity contribution is 0.00856. The third-order valence-corrected chi connectivity index (χ3v) is 5.17. The van der Waals surface area contributed by atoms with Gasteiger partial charge in [-0.2, -0.15) is 0 Å². The molecule has 1 aliphatic carbocycles. The maximum Gasteiger partial charge on any atom is 0.0873 e. The second-order valence-corrected chi connectivity index (χ2v) is 6.75. The summed E-state index contributed by atoms with van der Waals surface area (Å²) in [6, 6.07) is 5.26. The van der Waals surface area contributed by atoms with Gasteiger partial charge in [-0.05, 0) is 31.0 Å². The fourth-order valence-electron chi connectivity index (χ4n) is 3.25. The Morgan fingerprint density at radius 2 is 1.70 bits per heavy atom. The number of halogens is 2. The molecule has 1 saturated carbocycles. The lowest BCUT2D eigenvalue weighted by atomic mass is 9.70. The van der Waals surface area contributed by atoms with Crippen LogP contribution in [0.2, 0.25) is 10.0 Å². The predicted molar refractivity (Wildman–Crippen MR) is 85.2 cm³/mol. The van der Waals surface area contributed by atoms with Crippen LogP contribution in [0.4, 0.5) is 0 Å². The molecule has 0 saturated heterocycles. The molecule has 0 spiro atoms. The Balaban J connectivity index is 2.30. The van der Waals surface area contributed by atoms with Gasteiger partial charge in [-0.15, -0.1) is 0 Å². The van der Waals surface area contributed by atoms with Gasteiger partial charge < -0.3 is 10.8 Å². The molecule has 3 N–H and O–H groups in total. The third-order valence-electron chi connectivity index (χ3n) is 4.59. The molecular weight excluding hydrogens is 293 g/mol. The zero-order chi connectivity index (χ0) is 14.6. The molecule has 0 heterocycles. The topological polar surface area (TPSA) is 46.2 Å². The third kappa shape index (κ3) is 3.48. The van der Waals surface area contributed by atoms with Crippen molar-refractivity contribution in [2.45, 2.75) is 51.0 Å². The molecule has 4 heteroatoms. The molecule has 0 amide bonds. The van der Waals surface area contributed by atoms with Crippen molar-refractivity contribution in [3.8, 4) is 0 Å². The Kier molecular flexibility index (Phi) is 5.74. The van der Waals surface area contributed by atoms with E-state index in [0.717, 1.165) is 25.7 Å². The highest BCUT2D eigenvalue weighted by Gasteiger charge is 2.38. The molecule has 20 heavy (non-hydrogen) atoms. The van der Waals surface area contributed by atoms with Crippen molar-refractivity contribution in [1.29, 1.82) is 0 Å². The van der Waals surface area contributed by atoms with Crippen LogP contribution in [0.15, 0.2) is 18.2 Å². The van der Waals surface area contributed by atoms with Gasteiger partial charge in [0, 0.05) is 27.6 Å². The van der Waals surface area contributed by atoms with E-state index in [2.05, 4.69) is 0 Å². The highest BCUT2D eigenvalue weighted by molar-refractivity contribution is 6.33. The van der Waals surface area contributed by atoms with Crippen molar-refractivity contribution in [2.24, 2.45) is 11.1 Å². The zero-order valence-corrected chi connectivity index (χ0v) is 13.3. The Morgan fingerprint density at radius 1 is 1.10 bits per heavy atom. The maximum atomic E-state index is 10.9. The molecule has 1 fully saturated rings. The summed E-state index contributed by atoms with van der Waals surface area (Å²) in [6.07, 6.45) is 7.22. The first-order chi connectivity index (χ1) is 9.59. The van der Waals surface area contributed by atoms with Crippen LogP contribution in [0.3, 0.4) is 0 Å². The summed E-state index contributed by atoms with van der Waals surface area (Å²) in [4.78, 5) is 0. The smallest absolute Gasteiger partial charge is 0.0873 e. The minimum Gasteiger partial charge on any atom is -0.388 e.